The molecular formula is C29H33F2N5O3. The van der Waals surface area contributed by atoms with Gasteiger partial charge in [0, 0.05) is 50.7 Å². The van der Waals surface area contributed by atoms with Crippen molar-refractivity contribution in [2.24, 2.45) is 0 Å². The third kappa shape index (κ3) is 7.07. The summed E-state index contributed by atoms with van der Waals surface area (Å²) in [4.78, 5) is 36.9. The molecule has 1 aromatic carbocycles. The van der Waals surface area contributed by atoms with E-state index in [-0.39, 0.29) is 29.8 Å². The Balaban J connectivity index is 1.41. The summed E-state index contributed by atoms with van der Waals surface area (Å²) in [5.74, 6) is -0.381. The number of ether oxygens (including phenoxy) is 1. The number of pyridine rings is 2. The van der Waals surface area contributed by atoms with Gasteiger partial charge in [-0.05, 0) is 62.6 Å². The Morgan fingerprint density at radius 3 is 2.41 bits per heavy atom. The van der Waals surface area contributed by atoms with Crippen molar-refractivity contribution in [3.8, 4) is 11.1 Å². The number of aromatic nitrogens is 2. The molecule has 39 heavy (non-hydrogen) atoms. The molecule has 206 valence electrons. The lowest BCUT2D eigenvalue weighted by Crippen LogP contribution is -2.50. The van der Waals surface area contributed by atoms with Crippen LogP contribution in [0.25, 0.3) is 11.1 Å². The minimum atomic E-state index is -2.67. The number of piperazine rings is 1. The fourth-order valence-electron chi connectivity index (χ4n) is 4.35. The second-order valence-corrected chi connectivity index (χ2v) is 10.4. The zero-order chi connectivity index (χ0) is 28.2. The van der Waals surface area contributed by atoms with E-state index in [0.29, 0.717) is 26.2 Å². The Bertz CT molecular complexity index is 1320. The van der Waals surface area contributed by atoms with E-state index >= 15 is 0 Å². The van der Waals surface area contributed by atoms with Crippen LogP contribution in [0.1, 0.15) is 54.4 Å². The molecule has 1 aliphatic rings. The first-order valence-corrected chi connectivity index (χ1v) is 12.8. The van der Waals surface area contributed by atoms with E-state index < -0.39 is 12.0 Å². The largest absolute Gasteiger partial charge is 0.444 e. The highest BCUT2D eigenvalue weighted by atomic mass is 19.3. The lowest BCUT2D eigenvalue weighted by molar-refractivity contribution is 0.0240. The molecule has 0 unspecified atom stereocenters. The minimum Gasteiger partial charge on any atom is -0.444 e. The maximum absolute atomic E-state index is 12.7. The molecule has 8 nitrogen and oxygen atoms in total. The Morgan fingerprint density at radius 1 is 1.05 bits per heavy atom. The van der Waals surface area contributed by atoms with Gasteiger partial charge >= 0.3 is 6.09 Å². The molecule has 2 amide bonds. The summed E-state index contributed by atoms with van der Waals surface area (Å²) in [6, 6.07) is 10.5. The molecular weight excluding hydrogens is 504 g/mol. The molecule has 10 heteroatoms. The van der Waals surface area contributed by atoms with E-state index in [1.807, 2.05) is 52.1 Å². The Morgan fingerprint density at radius 2 is 1.79 bits per heavy atom. The molecule has 3 heterocycles. The van der Waals surface area contributed by atoms with Gasteiger partial charge in [0.15, 0.2) is 0 Å². The molecule has 0 bridgehead atoms. The molecule has 0 saturated carbocycles. The quantitative estimate of drug-likeness (QED) is 0.455. The molecule has 1 aliphatic heterocycles. The van der Waals surface area contributed by atoms with Crippen LogP contribution in [0.5, 0.6) is 0 Å². The zero-order valence-corrected chi connectivity index (χ0v) is 22.6. The number of hydrogen-bond acceptors (Lipinski definition) is 6. The van der Waals surface area contributed by atoms with Crippen LogP contribution in [-0.4, -0.2) is 58.6 Å². The van der Waals surface area contributed by atoms with Gasteiger partial charge in [0.25, 0.3) is 12.3 Å². The number of halogens is 2. The second kappa shape index (κ2) is 11.8. The highest BCUT2D eigenvalue weighted by Crippen LogP contribution is 2.32. The van der Waals surface area contributed by atoms with Gasteiger partial charge in [-0.3, -0.25) is 14.8 Å². The first-order valence-electron chi connectivity index (χ1n) is 12.8. The molecule has 3 aromatic rings. The van der Waals surface area contributed by atoms with Crippen LogP contribution in [0, 0.1) is 6.92 Å². The van der Waals surface area contributed by atoms with E-state index in [9.17, 15) is 18.4 Å². The topological polar surface area (TPSA) is 87.7 Å². The molecule has 1 saturated heterocycles. The van der Waals surface area contributed by atoms with Gasteiger partial charge in [-0.2, -0.15) is 0 Å². The first-order chi connectivity index (χ1) is 18.5. The van der Waals surface area contributed by atoms with Crippen molar-refractivity contribution >= 4 is 17.7 Å². The molecule has 1 fully saturated rings. The van der Waals surface area contributed by atoms with Gasteiger partial charge in [-0.15, -0.1) is 0 Å². The Kier molecular flexibility index (Phi) is 8.42. The number of nitrogens with zero attached hydrogens (tertiary/aromatic N) is 4. The summed E-state index contributed by atoms with van der Waals surface area (Å²) >= 11 is 0. The van der Waals surface area contributed by atoms with Crippen molar-refractivity contribution in [3.05, 3.63) is 77.4 Å². The van der Waals surface area contributed by atoms with E-state index in [4.69, 9.17) is 4.74 Å². The van der Waals surface area contributed by atoms with E-state index in [1.165, 1.54) is 6.07 Å². The van der Waals surface area contributed by atoms with Crippen LogP contribution in [0.4, 0.5) is 19.3 Å². The molecule has 0 aliphatic carbocycles. The minimum absolute atomic E-state index is 0.224. The highest BCUT2D eigenvalue weighted by Gasteiger charge is 2.27. The number of carbonyl (C=O) groups excluding carboxylic acids is 2. The molecule has 0 spiro atoms. The summed E-state index contributed by atoms with van der Waals surface area (Å²) in [5, 5.41) is 2.83. The summed E-state index contributed by atoms with van der Waals surface area (Å²) in [6.45, 7) is 10.3. The van der Waals surface area contributed by atoms with Crippen molar-refractivity contribution in [2.75, 3.05) is 31.1 Å². The van der Waals surface area contributed by atoms with Crippen LogP contribution >= 0.6 is 0 Å². The number of carbonyl (C=O) groups is 2. The lowest BCUT2D eigenvalue weighted by Gasteiger charge is -2.37. The second-order valence-electron chi connectivity index (χ2n) is 10.4. The van der Waals surface area contributed by atoms with Crippen LogP contribution < -0.4 is 10.2 Å². The van der Waals surface area contributed by atoms with Gasteiger partial charge in [-0.25, -0.2) is 13.6 Å². The van der Waals surface area contributed by atoms with Crippen LogP contribution in [0.3, 0.4) is 0 Å². The number of hydrogen-bond donors (Lipinski definition) is 1. The van der Waals surface area contributed by atoms with Crippen molar-refractivity contribution in [1.29, 1.82) is 0 Å². The maximum Gasteiger partial charge on any atom is 0.410 e. The zero-order valence-electron chi connectivity index (χ0n) is 22.6. The van der Waals surface area contributed by atoms with Crippen molar-refractivity contribution in [3.63, 3.8) is 0 Å². The maximum atomic E-state index is 12.7. The van der Waals surface area contributed by atoms with Crippen molar-refractivity contribution in [1.82, 2.24) is 20.2 Å². The van der Waals surface area contributed by atoms with Crippen LogP contribution in [-0.2, 0) is 11.3 Å². The fourth-order valence-corrected chi connectivity index (χ4v) is 4.35. The van der Waals surface area contributed by atoms with Crippen molar-refractivity contribution < 1.29 is 23.1 Å². The van der Waals surface area contributed by atoms with E-state index in [0.717, 1.165) is 40.2 Å². The van der Waals surface area contributed by atoms with Crippen LogP contribution in [0.15, 0.2) is 55.0 Å². The molecule has 0 radical (unpaired) electrons. The number of aryl methyl sites for hydroxylation is 1. The summed E-state index contributed by atoms with van der Waals surface area (Å²) < 4.78 is 30.9. The molecule has 1 N–H and O–H groups in total. The Hall–Kier alpha value is -4.08. The average molecular weight is 538 g/mol. The summed E-state index contributed by atoms with van der Waals surface area (Å²) in [6.07, 6.45) is 1.78. The SMILES string of the molecule is Cc1cc(-c2ccncc2N2CCN(C(=O)OC(C)(C)C)CC2)ccc1CNC(=O)c1ccc(C(F)F)nc1. The molecule has 2 aromatic heterocycles. The van der Waals surface area contributed by atoms with Crippen LogP contribution in [0.2, 0.25) is 0 Å². The molecule has 4 rings (SSSR count). The van der Waals surface area contributed by atoms with Gasteiger partial charge < -0.3 is 19.9 Å². The monoisotopic (exact) mass is 537 g/mol. The number of amides is 2. The normalized spacial score (nSPS) is 13.9. The van der Waals surface area contributed by atoms with Crippen molar-refractivity contribution in [2.45, 2.75) is 46.3 Å². The van der Waals surface area contributed by atoms with Gasteiger partial charge in [0.2, 0.25) is 0 Å². The van der Waals surface area contributed by atoms with E-state index in [2.05, 4.69) is 26.3 Å². The number of rotatable bonds is 6. The summed E-state index contributed by atoms with van der Waals surface area (Å²) in [5.41, 5.74) is 4.29. The van der Waals surface area contributed by atoms with Gasteiger partial charge in [0.1, 0.15) is 11.3 Å². The summed E-state index contributed by atoms with van der Waals surface area (Å²) in [7, 11) is 0. The lowest BCUT2D eigenvalue weighted by atomic mass is 9.98. The first kappa shape index (κ1) is 27.9. The number of alkyl halides is 2. The number of anilines is 1. The number of benzene rings is 1. The third-order valence-electron chi connectivity index (χ3n) is 6.44. The predicted molar refractivity (Wildman–Crippen MR) is 145 cm³/mol. The van der Waals surface area contributed by atoms with Gasteiger partial charge in [0.05, 0.1) is 17.4 Å². The smallest absolute Gasteiger partial charge is 0.410 e. The Labute approximate surface area is 227 Å². The van der Waals surface area contributed by atoms with E-state index in [1.54, 1.807) is 11.1 Å². The predicted octanol–water partition coefficient (Wildman–Crippen LogP) is 5.38. The average Bonchev–Trinajstić information content (AvgIpc) is 2.91. The third-order valence-corrected chi connectivity index (χ3v) is 6.44. The number of nitrogens with one attached hydrogen (secondary N) is 1. The molecule has 0 atom stereocenters. The standard InChI is InChI=1S/C29H33F2N5O3/c1-19-15-20(5-6-21(19)16-34-27(37)22-7-8-24(26(30)31)33-17-22)23-9-10-32-18-25(23)35-11-13-36(14-12-35)28(38)39-29(2,3)4/h5-10,15,17-18,26H,11-14,16H2,1-4H3,(H,34,37). The highest BCUT2D eigenvalue weighted by molar-refractivity contribution is 5.93. The van der Waals surface area contributed by atoms with Gasteiger partial charge in [-0.1, -0.05) is 18.2 Å². The fraction of sp³-hybridized carbons (Fsp3) is 0.379.